The van der Waals surface area contributed by atoms with Gasteiger partial charge in [0.1, 0.15) is 11.5 Å². The third-order valence-corrected chi connectivity index (χ3v) is 9.30. The van der Waals surface area contributed by atoms with E-state index in [1.54, 1.807) is 0 Å². The summed E-state index contributed by atoms with van der Waals surface area (Å²) in [5.41, 5.74) is 5.24. The standard InChI is InChI=1S/C37H40N2O3/c1-21(2)18-24-13-15-25(16-14-24)33(40)31-32(34(41)36(5,6)7)39-29-17-12-22(3)19-26(29)23(4)20-30(39)37(31)27-10-8-9-11-28(27)38-35(37)42/h8-17,19-21,30-32H,18H2,1-7H3,(H,38,42)/t30-,31+,32-,37-/m0/s1. The molecule has 3 heterocycles. The highest BCUT2D eigenvalue weighted by Gasteiger charge is 2.71. The number of para-hydroxylation sites is 1. The third kappa shape index (κ3) is 4.08. The van der Waals surface area contributed by atoms with Crippen molar-refractivity contribution < 1.29 is 14.4 Å². The number of allylic oxidation sites excluding steroid dienone is 1. The number of carbonyl (C=O) groups is 3. The number of aryl methyl sites for hydroxylation is 1. The number of rotatable bonds is 5. The van der Waals surface area contributed by atoms with E-state index in [4.69, 9.17) is 0 Å². The molecule has 0 bridgehead atoms. The fraction of sp³-hybridized carbons (Fsp3) is 0.378. The Kier molecular flexibility index (Phi) is 6.56. The zero-order chi connectivity index (χ0) is 30.1. The Morgan fingerprint density at radius 2 is 1.67 bits per heavy atom. The van der Waals surface area contributed by atoms with Crippen LogP contribution in [0.3, 0.4) is 0 Å². The Balaban J connectivity index is 1.64. The van der Waals surface area contributed by atoms with Gasteiger partial charge in [0.2, 0.25) is 5.91 Å². The second-order valence-corrected chi connectivity index (χ2v) is 13.8. The maximum absolute atomic E-state index is 15.0. The number of nitrogens with one attached hydrogen (secondary N) is 1. The number of fused-ring (bicyclic) bond motifs is 6. The van der Waals surface area contributed by atoms with Crippen molar-refractivity contribution in [2.45, 2.75) is 72.4 Å². The molecule has 4 atom stereocenters. The number of carbonyl (C=O) groups excluding carboxylic acids is 3. The Morgan fingerprint density at radius 3 is 2.33 bits per heavy atom. The van der Waals surface area contributed by atoms with Crippen LogP contribution < -0.4 is 10.2 Å². The van der Waals surface area contributed by atoms with Crippen LogP contribution in [0.1, 0.15) is 74.2 Å². The van der Waals surface area contributed by atoms with E-state index in [-0.39, 0.29) is 17.5 Å². The molecule has 0 unspecified atom stereocenters. The average Bonchev–Trinajstić information content (AvgIpc) is 3.40. The molecular formula is C37H40N2O3. The Labute approximate surface area is 249 Å². The normalized spacial score (nSPS) is 24.3. The number of ketones is 2. The van der Waals surface area contributed by atoms with Gasteiger partial charge in [0, 0.05) is 27.9 Å². The molecule has 42 heavy (non-hydrogen) atoms. The van der Waals surface area contributed by atoms with Crippen molar-refractivity contribution in [2.24, 2.45) is 17.3 Å². The lowest BCUT2D eigenvalue weighted by molar-refractivity contribution is -0.128. The predicted molar refractivity (Wildman–Crippen MR) is 169 cm³/mol. The molecule has 5 heteroatoms. The number of Topliss-reactive ketones (excluding diaryl/α,β-unsaturated/α-hetero) is 2. The van der Waals surface area contributed by atoms with Gasteiger partial charge in [-0.15, -0.1) is 0 Å². The molecule has 3 aromatic carbocycles. The lowest BCUT2D eigenvalue weighted by atomic mass is 9.63. The maximum atomic E-state index is 15.0. The van der Waals surface area contributed by atoms with Gasteiger partial charge in [-0.3, -0.25) is 14.4 Å². The van der Waals surface area contributed by atoms with Crippen LogP contribution in [0.2, 0.25) is 0 Å². The predicted octanol–water partition coefficient (Wildman–Crippen LogP) is 7.17. The molecule has 1 saturated heterocycles. The SMILES string of the molecule is CC1=C[C@@H]2N(c3ccc(C)cc31)[C@H](C(=O)C(C)(C)C)[C@H](C(=O)c1ccc(CC(C)C)cc1)[C@@]21C(=O)Nc2ccccc21. The van der Waals surface area contributed by atoms with Crippen molar-refractivity contribution in [3.63, 3.8) is 0 Å². The summed E-state index contributed by atoms with van der Waals surface area (Å²) in [6.07, 6.45) is 3.03. The molecule has 3 aromatic rings. The summed E-state index contributed by atoms with van der Waals surface area (Å²) in [5.74, 6) is -0.875. The van der Waals surface area contributed by atoms with E-state index in [1.165, 1.54) is 0 Å². The van der Waals surface area contributed by atoms with Crippen molar-refractivity contribution in [1.29, 1.82) is 0 Å². The highest BCUT2D eigenvalue weighted by molar-refractivity contribution is 6.17. The first kappa shape index (κ1) is 28.1. The van der Waals surface area contributed by atoms with Crippen molar-refractivity contribution >= 4 is 34.4 Å². The molecule has 3 aliphatic rings. The summed E-state index contributed by atoms with van der Waals surface area (Å²) in [7, 11) is 0. The van der Waals surface area contributed by atoms with Gasteiger partial charge in [0.15, 0.2) is 11.6 Å². The largest absolute Gasteiger partial charge is 0.352 e. The molecule has 1 amide bonds. The van der Waals surface area contributed by atoms with Crippen LogP contribution in [0, 0.1) is 24.2 Å². The third-order valence-electron chi connectivity index (χ3n) is 9.30. The molecule has 0 aromatic heterocycles. The molecule has 1 N–H and O–H groups in total. The molecule has 6 rings (SSSR count). The van der Waals surface area contributed by atoms with Gasteiger partial charge >= 0.3 is 0 Å². The number of hydrogen-bond donors (Lipinski definition) is 1. The first-order valence-electron chi connectivity index (χ1n) is 15.0. The minimum absolute atomic E-state index is 0.0455. The first-order valence-corrected chi connectivity index (χ1v) is 15.0. The van der Waals surface area contributed by atoms with Crippen LogP contribution in [0.25, 0.3) is 5.57 Å². The molecule has 1 fully saturated rings. The molecular weight excluding hydrogens is 520 g/mol. The van der Waals surface area contributed by atoms with Crippen LogP contribution in [-0.2, 0) is 21.4 Å². The van der Waals surface area contributed by atoms with Crippen LogP contribution in [-0.4, -0.2) is 29.6 Å². The van der Waals surface area contributed by atoms with Crippen LogP contribution in [0.4, 0.5) is 11.4 Å². The van der Waals surface area contributed by atoms with Gasteiger partial charge < -0.3 is 10.2 Å². The monoisotopic (exact) mass is 560 g/mol. The zero-order valence-electron chi connectivity index (χ0n) is 25.6. The lowest BCUT2D eigenvalue weighted by Crippen LogP contribution is -2.51. The second kappa shape index (κ2) is 9.79. The minimum atomic E-state index is -1.28. The van der Waals surface area contributed by atoms with Gasteiger partial charge in [0.25, 0.3) is 0 Å². The van der Waals surface area contributed by atoms with E-state index in [2.05, 4.69) is 56.1 Å². The average molecular weight is 561 g/mol. The summed E-state index contributed by atoms with van der Waals surface area (Å²) in [6.45, 7) is 14.2. The van der Waals surface area contributed by atoms with Gasteiger partial charge in [-0.2, -0.15) is 0 Å². The number of benzene rings is 3. The number of amides is 1. The maximum Gasteiger partial charge on any atom is 0.238 e. The van der Waals surface area contributed by atoms with Gasteiger partial charge in [0.05, 0.1) is 12.0 Å². The summed E-state index contributed by atoms with van der Waals surface area (Å²) in [5, 5.41) is 3.12. The van der Waals surface area contributed by atoms with Crippen molar-refractivity contribution in [3.8, 4) is 0 Å². The molecule has 3 aliphatic heterocycles. The van der Waals surface area contributed by atoms with Gasteiger partial charge in [-0.1, -0.05) is 94.8 Å². The molecule has 0 radical (unpaired) electrons. The van der Waals surface area contributed by atoms with Crippen LogP contribution >= 0.6 is 0 Å². The second-order valence-electron chi connectivity index (χ2n) is 13.8. The number of nitrogens with zero attached hydrogens (tertiary/aromatic N) is 1. The zero-order valence-corrected chi connectivity index (χ0v) is 25.6. The molecule has 1 spiro atoms. The summed E-state index contributed by atoms with van der Waals surface area (Å²) >= 11 is 0. The molecule has 0 aliphatic carbocycles. The van der Waals surface area contributed by atoms with Crippen molar-refractivity contribution in [2.75, 3.05) is 10.2 Å². The summed E-state index contributed by atoms with van der Waals surface area (Å²) in [6, 6.07) is 20.3. The van der Waals surface area contributed by atoms with Gasteiger partial charge in [-0.05, 0) is 61.1 Å². The number of hydrogen-bond acceptors (Lipinski definition) is 4. The van der Waals surface area contributed by atoms with E-state index in [0.29, 0.717) is 17.2 Å². The Hall–Kier alpha value is -3.99. The quantitative estimate of drug-likeness (QED) is 0.336. The molecule has 5 nitrogen and oxygen atoms in total. The highest BCUT2D eigenvalue weighted by atomic mass is 16.2. The van der Waals surface area contributed by atoms with E-state index < -0.39 is 28.8 Å². The Morgan fingerprint density at radius 1 is 0.976 bits per heavy atom. The summed E-state index contributed by atoms with van der Waals surface area (Å²) in [4.78, 5) is 46.2. The minimum Gasteiger partial charge on any atom is -0.352 e. The molecule has 0 saturated carbocycles. The smallest absolute Gasteiger partial charge is 0.238 e. The Bertz CT molecular complexity index is 1640. The fourth-order valence-corrected chi connectivity index (χ4v) is 7.45. The van der Waals surface area contributed by atoms with Crippen LogP contribution in [0.5, 0.6) is 0 Å². The van der Waals surface area contributed by atoms with E-state index in [9.17, 15) is 14.4 Å². The van der Waals surface area contributed by atoms with Gasteiger partial charge in [-0.25, -0.2) is 0 Å². The number of anilines is 2. The van der Waals surface area contributed by atoms with E-state index in [0.717, 1.165) is 39.9 Å². The fourth-order valence-electron chi connectivity index (χ4n) is 7.45. The topological polar surface area (TPSA) is 66.5 Å². The summed E-state index contributed by atoms with van der Waals surface area (Å²) < 4.78 is 0. The van der Waals surface area contributed by atoms with Crippen molar-refractivity contribution in [3.05, 3.63) is 101 Å². The lowest BCUT2D eigenvalue weighted by Gasteiger charge is -2.40. The first-order chi connectivity index (χ1) is 19.9. The van der Waals surface area contributed by atoms with E-state index in [1.807, 2.05) is 75.4 Å². The highest BCUT2D eigenvalue weighted by Crippen LogP contribution is 2.59. The molecule has 216 valence electrons. The van der Waals surface area contributed by atoms with Crippen LogP contribution in [0.15, 0.2) is 72.8 Å². The van der Waals surface area contributed by atoms with Crippen molar-refractivity contribution in [1.82, 2.24) is 0 Å². The van der Waals surface area contributed by atoms with E-state index >= 15 is 0 Å².